The van der Waals surface area contributed by atoms with Gasteiger partial charge in [0.2, 0.25) is 0 Å². The molecule has 6 nitrogen and oxygen atoms in total. The highest BCUT2D eigenvalue weighted by Crippen LogP contribution is 2.36. The first-order chi connectivity index (χ1) is 19.7. The quantitative estimate of drug-likeness (QED) is 0.129. The van der Waals surface area contributed by atoms with Crippen LogP contribution in [0.25, 0.3) is 0 Å². The minimum atomic E-state index is 0.145. The lowest BCUT2D eigenvalue weighted by Gasteiger charge is -2.13. The van der Waals surface area contributed by atoms with Crippen molar-refractivity contribution in [2.75, 3.05) is 13.2 Å². The number of aromatic hydroxyl groups is 2. The molecule has 0 aliphatic rings. The van der Waals surface area contributed by atoms with Gasteiger partial charge in [0.1, 0.15) is 23.0 Å². The highest BCUT2D eigenvalue weighted by Gasteiger charge is 2.09. The predicted octanol–water partition coefficient (Wildman–Crippen LogP) is 9.26. The number of phenolic OH excluding ortho intramolecular Hbond substituents is 2. The molecule has 4 rings (SSSR count). The zero-order valence-electron chi connectivity index (χ0n) is 22.8. The standard InChI is InChI=1S/C34H38O6/c35-27-19-21-31(33(25-27)39-29-15-9-7-10-16-29)37-23-13-5-3-1-2-4-6-14-24-38-32-22-20-28(36)26-34(32)40-30-17-11-8-12-18-30/h7-12,15-22,25-26,35-36H,1-6,13-14,23-24H2. The van der Waals surface area contributed by atoms with Crippen molar-refractivity contribution >= 4 is 0 Å². The van der Waals surface area contributed by atoms with Gasteiger partial charge in [-0.05, 0) is 61.4 Å². The van der Waals surface area contributed by atoms with Gasteiger partial charge in [-0.2, -0.15) is 0 Å². The second kappa shape index (κ2) is 15.9. The SMILES string of the molecule is Oc1ccc(OCCCCCCCCCCOc2ccc(O)cc2Oc2ccccc2)c(Oc2ccccc2)c1. The average molecular weight is 543 g/mol. The van der Waals surface area contributed by atoms with Crippen LogP contribution in [0.4, 0.5) is 0 Å². The van der Waals surface area contributed by atoms with Crippen LogP contribution in [0.5, 0.6) is 46.0 Å². The molecule has 0 bridgehead atoms. The van der Waals surface area contributed by atoms with Gasteiger partial charge < -0.3 is 29.2 Å². The van der Waals surface area contributed by atoms with Crippen LogP contribution in [0.3, 0.4) is 0 Å². The average Bonchev–Trinajstić information content (AvgIpc) is 2.97. The van der Waals surface area contributed by atoms with Gasteiger partial charge in [0.15, 0.2) is 23.0 Å². The number of phenols is 2. The maximum Gasteiger partial charge on any atom is 0.172 e. The number of hydrogen-bond donors (Lipinski definition) is 2. The lowest BCUT2D eigenvalue weighted by molar-refractivity contribution is 0.287. The summed E-state index contributed by atoms with van der Waals surface area (Å²) in [6.45, 7) is 1.22. The third-order valence-electron chi connectivity index (χ3n) is 6.35. The van der Waals surface area contributed by atoms with Crippen LogP contribution in [-0.4, -0.2) is 23.4 Å². The molecule has 0 spiro atoms. The van der Waals surface area contributed by atoms with Crippen molar-refractivity contribution in [1.82, 2.24) is 0 Å². The monoisotopic (exact) mass is 542 g/mol. The molecule has 0 aromatic heterocycles. The molecule has 0 saturated heterocycles. The third-order valence-corrected chi connectivity index (χ3v) is 6.35. The smallest absolute Gasteiger partial charge is 0.172 e. The molecule has 2 N–H and O–H groups in total. The topological polar surface area (TPSA) is 77.4 Å². The fourth-order valence-corrected chi connectivity index (χ4v) is 4.25. The largest absolute Gasteiger partial charge is 0.508 e. The Hall–Kier alpha value is -4.32. The molecule has 0 saturated carbocycles. The molecule has 0 atom stereocenters. The summed E-state index contributed by atoms with van der Waals surface area (Å²) in [5.74, 6) is 3.99. The van der Waals surface area contributed by atoms with E-state index in [1.54, 1.807) is 36.4 Å². The van der Waals surface area contributed by atoms with Crippen molar-refractivity contribution in [1.29, 1.82) is 0 Å². The lowest BCUT2D eigenvalue weighted by atomic mass is 10.1. The first kappa shape index (κ1) is 28.7. The van der Waals surface area contributed by atoms with Crippen molar-refractivity contribution < 1.29 is 29.2 Å². The van der Waals surface area contributed by atoms with Crippen molar-refractivity contribution in [2.45, 2.75) is 51.4 Å². The molecular formula is C34H38O6. The molecule has 0 radical (unpaired) electrons. The van der Waals surface area contributed by atoms with E-state index in [-0.39, 0.29) is 11.5 Å². The van der Waals surface area contributed by atoms with Crippen molar-refractivity contribution in [3.63, 3.8) is 0 Å². The number of rotatable bonds is 17. The van der Waals surface area contributed by atoms with Crippen LogP contribution < -0.4 is 18.9 Å². The number of para-hydroxylation sites is 2. The Bertz CT molecular complexity index is 1180. The van der Waals surface area contributed by atoms with Crippen LogP contribution >= 0.6 is 0 Å². The molecule has 0 amide bonds. The van der Waals surface area contributed by atoms with Crippen molar-refractivity contribution in [3.05, 3.63) is 97.1 Å². The Kier molecular flexibility index (Phi) is 11.4. The Morgan fingerprint density at radius 2 is 0.775 bits per heavy atom. The van der Waals surface area contributed by atoms with E-state index >= 15 is 0 Å². The van der Waals surface area contributed by atoms with Crippen LogP contribution in [0.1, 0.15) is 51.4 Å². The molecule has 0 heterocycles. The minimum Gasteiger partial charge on any atom is -0.508 e. The van der Waals surface area contributed by atoms with Gasteiger partial charge in [0.25, 0.3) is 0 Å². The minimum absolute atomic E-state index is 0.145. The predicted molar refractivity (Wildman–Crippen MR) is 157 cm³/mol. The van der Waals surface area contributed by atoms with Gasteiger partial charge >= 0.3 is 0 Å². The summed E-state index contributed by atoms with van der Waals surface area (Å²) in [5, 5.41) is 19.7. The number of benzene rings is 4. The highest BCUT2D eigenvalue weighted by atomic mass is 16.5. The van der Waals surface area contributed by atoms with E-state index < -0.39 is 0 Å². The van der Waals surface area contributed by atoms with Crippen LogP contribution in [-0.2, 0) is 0 Å². The molecule has 210 valence electrons. The first-order valence-electron chi connectivity index (χ1n) is 14.0. The fourth-order valence-electron chi connectivity index (χ4n) is 4.25. The zero-order valence-corrected chi connectivity index (χ0v) is 22.8. The molecule has 6 heteroatoms. The number of hydrogen-bond acceptors (Lipinski definition) is 6. The van der Waals surface area contributed by atoms with Gasteiger partial charge in [0.05, 0.1) is 13.2 Å². The van der Waals surface area contributed by atoms with E-state index in [9.17, 15) is 10.2 Å². The van der Waals surface area contributed by atoms with Gasteiger partial charge in [0, 0.05) is 12.1 Å². The van der Waals surface area contributed by atoms with Gasteiger partial charge in [-0.3, -0.25) is 0 Å². The molecule has 4 aromatic carbocycles. The normalized spacial score (nSPS) is 10.7. The Morgan fingerprint density at radius 3 is 1.18 bits per heavy atom. The van der Waals surface area contributed by atoms with E-state index in [4.69, 9.17) is 18.9 Å². The summed E-state index contributed by atoms with van der Waals surface area (Å²) in [7, 11) is 0. The summed E-state index contributed by atoms with van der Waals surface area (Å²) in [4.78, 5) is 0. The summed E-state index contributed by atoms with van der Waals surface area (Å²) in [6.07, 6.45) is 8.93. The van der Waals surface area contributed by atoms with E-state index in [0.717, 1.165) is 25.7 Å². The zero-order chi connectivity index (χ0) is 27.8. The molecule has 0 fully saturated rings. The number of ether oxygens (including phenoxy) is 4. The summed E-state index contributed by atoms with van der Waals surface area (Å²) in [5.41, 5.74) is 0. The van der Waals surface area contributed by atoms with Gasteiger partial charge in [-0.15, -0.1) is 0 Å². The third kappa shape index (κ3) is 9.77. The number of unbranched alkanes of at least 4 members (excludes halogenated alkanes) is 7. The maximum atomic E-state index is 9.84. The van der Waals surface area contributed by atoms with Crippen LogP contribution in [0.15, 0.2) is 97.1 Å². The second-order valence-electron chi connectivity index (χ2n) is 9.62. The molecule has 0 aliphatic heterocycles. The summed E-state index contributed by atoms with van der Waals surface area (Å²) in [6, 6.07) is 28.8. The van der Waals surface area contributed by atoms with Crippen molar-refractivity contribution in [3.8, 4) is 46.0 Å². The maximum absolute atomic E-state index is 9.84. The Morgan fingerprint density at radius 1 is 0.400 bits per heavy atom. The molecule has 0 unspecified atom stereocenters. The molecular weight excluding hydrogens is 504 g/mol. The fraction of sp³-hybridized carbons (Fsp3) is 0.294. The second-order valence-corrected chi connectivity index (χ2v) is 9.62. The van der Waals surface area contributed by atoms with Crippen molar-refractivity contribution in [2.24, 2.45) is 0 Å². The lowest BCUT2D eigenvalue weighted by Crippen LogP contribution is -1.99. The van der Waals surface area contributed by atoms with E-state index in [1.165, 1.54) is 25.7 Å². The highest BCUT2D eigenvalue weighted by molar-refractivity contribution is 5.48. The van der Waals surface area contributed by atoms with Crippen LogP contribution in [0, 0.1) is 0 Å². The molecule has 4 aromatic rings. The summed E-state index contributed by atoms with van der Waals surface area (Å²) >= 11 is 0. The first-order valence-corrected chi connectivity index (χ1v) is 14.0. The molecule has 40 heavy (non-hydrogen) atoms. The van der Waals surface area contributed by atoms with E-state index in [0.29, 0.717) is 47.7 Å². The van der Waals surface area contributed by atoms with E-state index in [1.807, 2.05) is 60.7 Å². The Balaban J connectivity index is 1.05. The van der Waals surface area contributed by atoms with Gasteiger partial charge in [-0.1, -0.05) is 74.9 Å². The van der Waals surface area contributed by atoms with Crippen LogP contribution in [0.2, 0.25) is 0 Å². The Labute approximate surface area is 236 Å². The van der Waals surface area contributed by atoms with Gasteiger partial charge in [-0.25, -0.2) is 0 Å². The molecule has 0 aliphatic carbocycles. The summed E-state index contributed by atoms with van der Waals surface area (Å²) < 4.78 is 23.7. The van der Waals surface area contributed by atoms with E-state index in [2.05, 4.69) is 0 Å².